The van der Waals surface area contributed by atoms with E-state index in [0.29, 0.717) is 6.42 Å². The van der Waals surface area contributed by atoms with E-state index in [-0.39, 0.29) is 6.04 Å². The fourth-order valence-corrected chi connectivity index (χ4v) is 1.45. The van der Waals surface area contributed by atoms with Gasteiger partial charge in [0.15, 0.2) is 0 Å². The van der Waals surface area contributed by atoms with Crippen LogP contribution in [0.2, 0.25) is 0 Å². The minimum atomic E-state index is -0.165. The normalized spacial score (nSPS) is 13.0. The smallest absolute Gasteiger partial charge is 0.138 e. The number of furan rings is 1. The van der Waals surface area contributed by atoms with Crippen molar-refractivity contribution < 1.29 is 4.42 Å². The maximum Gasteiger partial charge on any atom is 0.138 e. The van der Waals surface area contributed by atoms with E-state index in [9.17, 15) is 0 Å². The van der Waals surface area contributed by atoms with E-state index in [0.717, 1.165) is 17.3 Å². The second-order valence-electron chi connectivity index (χ2n) is 3.56. The Labute approximate surface area is 87.9 Å². The number of hydrogen-bond acceptors (Lipinski definition) is 4. The van der Waals surface area contributed by atoms with Gasteiger partial charge in [-0.2, -0.15) is 5.10 Å². The van der Waals surface area contributed by atoms with Crippen LogP contribution in [0.25, 0.3) is 0 Å². The number of nitrogens with zero attached hydrogens (tertiary/aromatic N) is 3. The lowest BCUT2D eigenvalue weighted by Crippen LogP contribution is -2.15. The Kier molecular flexibility index (Phi) is 2.55. The first-order valence-electron chi connectivity index (χ1n) is 4.81. The Morgan fingerprint density at radius 2 is 2.33 bits per heavy atom. The summed E-state index contributed by atoms with van der Waals surface area (Å²) in [6.07, 6.45) is 2.15. The van der Waals surface area contributed by atoms with Crippen molar-refractivity contribution >= 4 is 0 Å². The van der Waals surface area contributed by atoms with Crippen molar-refractivity contribution in [1.29, 1.82) is 0 Å². The van der Waals surface area contributed by atoms with Gasteiger partial charge in [0.2, 0.25) is 0 Å². The second kappa shape index (κ2) is 3.86. The first-order valence-corrected chi connectivity index (χ1v) is 4.81. The minimum absolute atomic E-state index is 0.165. The monoisotopic (exact) mass is 206 g/mol. The van der Waals surface area contributed by atoms with Gasteiger partial charge in [-0.05, 0) is 19.1 Å². The molecule has 0 aliphatic carbocycles. The van der Waals surface area contributed by atoms with Gasteiger partial charge >= 0.3 is 0 Å². The molecule has 0 saturated heterocycles. The molecule has 0 aromatic carbocycles. The Balaban J connectivity index is 2.10. The van der Waals surface area contributed by atoms with Crippen LogP contribution in [0, 0.1) is 6.92 Å². The Bertz CT molecular complexity index is 446. The van der Waals surface area contributed by atoms with Crippen LogP contribution in [0.3, 0.4) is 0 Å². The van der Waals surface area contributed by atoms with Crippen molar-refractivity contribution in [2.75, 3.05) is 0 Å². The molecule has 0 fully saturated rings. The van der Waals surface area contributed by atoms with Gasteiger partial charge in [0, 0.05) is 13.5 Å². The standard InChI is InChI=1S/C10H14N4O/c1-7-3-4-9(15-7)8(11)5-10-12-6-13-14(10)2/h3-4,6,8H,5,11H2,1-2H3. The van der Waals surface area contributed by atoms with Crippen LogP contribution in [-0.2, 0) is 13.5 Å². The highest BCUT2D eigenvalue weighted by Crippen LogP contribution is 2.16. The summed E-state index contributed by atoms with van der Waals surface area (Å²) < 4.78 is 7.17. The predicted molar refractivity (Wildman–Crippen MR) is 55.1 cm³/mol. The lowest BCUT2D eigenvalue weighted by atomic mass is 10.1. The Morgan fingerprint density at radius 3 is 2.87 bits per heavy atom. The topological polar surface area (TPSA) is 69.9 Å². The highest BCUT2D eigenvalue weighted by atomic mass is 16.3. The average Bonchev–Trinajstić information content (AvgIpc) is 2.77. The van der Waals surface area contributed by atoms with Crippen LogP contribution in [0.4, 0.5) is 0 Å². The third kappa shape index (κ3) is 2.07. The number of aryl methyl sites for hydroxylation is 2. The van der Waals surface area contributed by atoms with Crippen molar-refractivity contribution in [3.63, 3.8) is 0 Å². The molecule has 15 heavy (non-hydrogen) atoms. The van der Waals surface area contributed by atoms with E-state index in [1.165, 1.54) is 6.33 Å². The zero-order chi connectivity index (χ0) is 10.8. The second-order valence-corrected chi connectivity index (χ2v) is 3.56. The van der Waals surface area contributed by atoms with E-state index in [2.05, 4.69) is 10.1 Å². The van der Waals surface area contributed by atoms with E-state index in [1.807, 2.05) is 26.1 Å². The summed E-state index contributed by atoms with van der Waals surface area (Å²) in [5.74, 6) is 2.52. The minimum Gasteiger partial charge on any atom is -0.465 e. The molecule has 0 spiro atoms. The van der Waals surface area contributed by atoms with Gasteiger partial charge < -0.3 is 10.2 Å². The summed E-state index contributed by atoms with van der Waals surface area (Å²) in [6.45, 7) is 1.90. The average molecular weight is 206 g/mol. The zero-order valence-electron chi connectivity index (χ0n) is 8.84. The lowest BCUT2D eigenvalue weighted by molar-refractivity contribution is 0.438. The van der Waals surface area contributed by atoms with E-state index < -0.39 is 0 Å². The quantitative estimate of drug-likeness (QED) is 0.812. The molecule has 1 atom stereocenters. The molecule has 0 saturated carbocycles. The number of nitrogens with two attached hydrogens (primary N) is 1. The summed E-state index contributed by atoms with van der Waals surface area (Å²) in [4.78, 5) is 4.12. The van der Waals surface area contributed by atoms with Crippen molar-refractivity contribution in [1.82, 2.24) is 14.8 Å². The van der Waals surface area contributed by atoms with Crippen LogP contribution >= 0.6 is 0 Å². The van der Waals surface area contributed by atoms with Crippen molar-refractivity contribution in [2.45, 2.75) is 19.4 Å². The summed E-state index contributed by atoms with van der Waals surface area (Å²) in [7, 11) is 1.85. The summed E-state index contributed by atoms with van der Waals surface area (Å²) in [5.41, 5.74) is 5.99. The van der Waals surface area contributed by atoms with Gasteiger partial charge in [-0.3, -0.25) is 4.68 Å². The van der Waals surface area contributed by atoms with Gasteiger partial charge in [-0.25, -0.2) is 4.98 Å². The van der Waals surface area contributed by atoms with Gasteiger partial charge in [-0.1, -0.05) is 0 Å². The number of rotatable bonds is 3. The number of hydrogen-bond donors (Lipinski definition) is 1. The molecule has 0 aliphatic rings. The molecule has 80 valence electrons. The third-order valence-electron chi connectivity index (χ3n) is 2.33. The van der Waals surface area contributed by atoms with E-state index in [4.69, 9.17) is 10.2 Å². The van der Waals surface area contributed by atoms with Crippen molar-refractivity contribution in [2.24, 2.45) is 12.8 Å². The Hall–Kier alpha value is -1.62. The first-order chi connectivity index (χ1) is 7.16. The maximum atomic E-state index is 5.99. The highest BCUT2D eigenvalue weighted by Gasteiger charge is 2.13. The summed E-state index contributed by atoms with van der Waals surface area (Å²) in [5, 5.41) is 3.99. The molecule has 2 rings (SSSR count). The van der Waals surface area contributed by atoms with Gasteiger partial charge in [0.1, 0.15) is 23.7 Å². The SMILES string of the molecule is Cc1ccc(C(N)Cc2ncnn2C)o1. The maximum absolute atomic E-state index is 5.99. The van der Waals surface area contributed by atoms with Crippen LogP contribution < -0.4 is 5.73 Å². The molecule has 2 aromatic heterocycles. The molecule has 0 bridgehead atoms. The molecular formula is C10H14N4O. The summed E-state index contributed by atoms with van der Waals surface area (Å²) >= 11 is 0. The molecule has 5 heteroatoms. The van der Waals surface area contributed by atoms with Crippen LogP contribution in [0.15, 0.2) is 22.9 Å². The molecule has 2 N–H and O–H groups in total. The summed E-state index contributed by atoms with van der Waals surface area (Å²) in [6, 6.07) is 3.64. The Morgan fingerprint density at radius 1 is 1.53 bits per heavy atom. The first kappa shape index (κ1) is 9.92. The largest absolute Gasteiger partial charge is 0.465 e. The fraction of sp³-hybridized carbons (Fsp3) is 0.400. The van der Waals surface area contributed by atoms with Crippen LogP contribution in [0.5, 0.6) is 0 Å². The zero-order valence-corrected chi connectivity index (χ0v) is 8.84. The fourth-order valence-electron chi connectivity index (χ4n) is 1.45. The molecule has 0 radical (unpaired) electrons. The molecule has 2 heterocycles. The molecular weight excluding hydrogens is 192 g/mol. The molecule has 1 unspecified atom stereocenters. The predicted octanol–water partition coefficient (Wildman–Crippen LogP) is 0.959. The third-order valence-corrected chi connectivity index (χ3v) is 2.33. The van der Waals surface area contributed by atoms with Crippen LogP contribution in [-0.4, -0.2) is 14.8 Å². The number of aromatic nitrogens is 3. The van der Waals surface area contributed by atoms with Gasteiger partial charge in [-0.15, -0.1) is 0 Å². The van der Waals surface area contributed by atoms with Crippen molar-refractivity contribution in [3.05, 3.63) is 35.8 Å². The van der Waals surface area contributed by atoms with Crippen LogP contribution in [0.1, 0.15) is 23.4 Å². The molecule has 5 nitrogen and oxygen atoms in total. The molecule has 2 aromatic rings. The van der Waals surface area contributed by atoms with E-state index >= 15 is 0 Å². The highest BCUT2D eigenvalue weighted by molar-refractivity contribution is 5.10. The lowest BCUT2D eigenvalue weighted by Gasteiger charge is -2.07. The van der Waals surface area contributed by atoms with Gasteiger partial charge in [0.25, 0.3) is 0 Å². The molecule has 0 amide bonds. The van der Waals surface area contributed by atoms with Gasteiger partial charge in [0.05, 0.1) is 6.04 Å². The van der Waals surface area contributed by atoms with E-state index in [1.54, 1.807) is 4.68 Å². The van der Waals surface area contributed by atoms with Crippen molar-refractivity contribution in [3.8, 4) is 0 Å². The molecule has 0 aliphatic heterocycles.